The van der Waals surface area contributed by atoms with Crippen molar-refractivity contribution in [2.24, 2.45) is 5.92 Å². The summed E-state index contributed by atoms with van der Waals surface area (Å²) in [6.07, 6.45) is 2.49. The van der Waals surface area contributed by atoms with E-state index in [9.17, 15) is 4.39 Å². The lowest BCUT2D eigenvalue weighted by atomic mass is 9.99. The lowest BCUT2D eigenvalue weighted by molar-refractivity contribution is 0.173. The normalized spacial score (nSPS) is 18.0. The van der Waals surface area contributed by atoms with E-state index in [-0.39, 0.29) is 5.82 Å². The Kier molecular flexibility index (Phi) is 11.0. The fraction of sp³-hybridized carbons (Fsp3) is 0.667. The number of hydrogen-bond acceptors (Lipinski definition) is 2. The van der Waals surface area contributed by atoms with Crippen LogP contribution in [0.1, 0.15) is 53.0 Å². The van der Waals surface area contributed by atoms with E-state index in [2.05, 4.69) is 11.8 Å². The number of hydrogen-bond donors (Lipinski definition) is 0. The van der Waals surface area contributed by atoms with Crippen LogP contribution in [0.25, 0.3) is 0 Å². The van der Waals surface area contributed by atoms with Gasteiger partial charge in [0.1, 0.15) is 11.6 Å². The van der Waals surface area contributed by atoms with Gasteiger partial charge in [-0.05, 0) is 37.4 Å². The summed E-state index contributed by atoms with van der Waals surface area (Å²) in [4.78, 5) is 2.31. The van der Waals surface area contributed by atoms with Crippen molar-refractivity contribution in [3.05, 3.63) is 29.6 Å². The molecule has 1 aliphatic heterocycles. The van der Waals surface area contributed by atoms with Crippen LogP contribution in [-0.2, 0) is 6.54 Å². The average molecular weight is 297 g/mol. The van der Waals surface area contributed by atoms with Gasteiger partial charge >= 0.3 is 0 Å². The minimum atomic E-state index is -0.164. The first kappa shape index (κ1) is 19.9. The fourth-order valence-electron chi connectivity index (χ4n) is 2.54. The van der Waals surface area contributed by atoms with E-state index in [4.69, 9.17) is 4.74 Å². The first-order valence-corrected chi connectivity index (χ1v) is 8.24. The molecule has 0 amide bonds. The number of piperidine rings is 1. The zero-order chi connectivity index (χ0) is 16.3. The first-order valence-electron chi connectivity index (χ1n) is 8.24. The number of rotatable bonds is 3. The van der Waals surface area contributed by atoms with E-state index in [0.717, 1.165) is 13.1 Å². The van der Waals surface area contributed by atoms with Crippen molar-refractivity contribution in [2.75, 3.05) is 20.2 Å². The molecule has 0 aliphatic carbocycles. The van der Waals surface area contributed by atoms with E-state index >= 15 is 0 Å². The summed E-state index contributed by atoms with van der Waals surface area (Å²) < 4.78 is 19.0. The Balaban J connectivity index is 0.000000921. The molecular weight excluding hydrogens is 265 g/mol. The Hall–Kier alpha value is -1.09. The molecule has 0 saturated carbocycles. The summed E-state index contributed by atoms with van der Waals surface area (Å²) in [5, 5.41) is 0. The molecule has 3 heteroatoms. The molecule has 1 aromatic carbocycles. The Morgan fingerprint density at radius 3 is 2.48 bits per heavy atom. The molecule has 21 heavy (non-hydrogen) atoms. The summed E-state index contributed by atoms with van der Waals surface area (Å²) in [7, 11) is 1.59. The number of benzene rings is 1. The van der Waals surface area contributed by atoms with Crippen molar-refractivity contribution >= 4 is 0 Å². The molecule has 1 saturated heterocycles. The molecule has 1 unspecified atom stereocenters. The van der Waals surface area contributed by atoms with Gasteiger partial charge in [0.25, 0.3) is 0 Å². The van der Waals surface area contributed by atoms with Gasteiger partial charge in [-0.15, -0.1) is 0 Å². The largest absolute Gasteiger partial charge is 0.496 e. The zero-order valence-electron chi connectivity index (χ0n) is 14.6. The van der Waals surface area contributed by atoms with Crippen LogP contribution in [0.2, 0.25) is 0 Å². The van der Waals surface area contributed by atoms with Crippen molar-refractivity contribution in [3.63, 3.8) is 0 Å². The second kappa shape index (κ2) is 11.6. The van der Waals surface area contributed by atoms with E-state index in [1.807, 2.05) is 33.8 Å². The maximum atomic E-state index is 13.8. The predicted octanol–water partition coefficient (Wildman–Crippen LogP) is 5.12. The summed E-state index contributed by atoms with van der Waals surface area (Å²) in [5.74, 6) is 1.20. The number of likely N-dealkylation sites (tertiary alicyclic amines) is 1. The molecule has 1 aromatic rings. The molecule has 0 N–H and O–H groups in total. The molecule has 1 aliphatic rings. The van der Waals surface area contributed by atoms with Gasteiger partial charge < -0.3 is 4.74 Å². The summed E-state index contributed by atoms with van der Waals surface area (Å²) in [5.41, 5.74) is 0.684. The van der Waals surface area contributed by atoms with Gasteiger partial charge in [-0.2, -0.15) is 0 Å². The molecule has 0 radical (unpaired) electrons. The molecule has 122 valence electrons. The van der Waals surface area contributed by atoms with Gasteiger partial charge in [-0.3, -0.25) is 4.90 Å². The van der Waals surface area contributed by atoms with E-state index < -0.39 is 0 Å². The molecule has 2 rings (SSSR count). The first-order chi connectivity index (χ1) is 10.2. The second-order valence-corrected chi connectivity index (χ2v) is 4.90. The third kappa shape index (κ3) is 6.47. The van der Waals surface area contributed by atoms with Crippen LogP contribution >= 0.6 is 0 Å². The lowest BCUT2D eigenvalue weighted by Crippen LogP contribution is -2.34. The van der Waals surface area contributed by atoms with Crippen molar-refractivity contribution in [1.29, 1.82) is 0 Å². The molecule has 0 bridgehead atoms. The van der Waals surface area contributed by atoms with Crippen molar-refractivity contribution in [1.82, 2.24) is 4.90 Å². The standard InChI is InChI=1S/C14H20FNO.2C2H6/c1-11-5-4-8-16(9-11)10-12-13(15)6-3-7-14(12)17-2;2*1-2/h3,6-7,11H,4-5,8-10H2,1-2H3;2*1-2H3. The van der Waals surface area contributed by atoms with Gasteiger partial charge in [0.2, 0.25) is 0 Å². The molecule has 2 nitrogen and oxygen atoms in total. The predicted molar refractivity (Wildman–Crippen MR) is 89.3 cm³/mol. The number of ether oxygens (including phenoxy) is 1. The highest BCUT2D eigenvalue weighted by molar-refractivity contribution is 5.34. The molecule has 1 heterocycles. The quantitative estimate of drug-likeness (QED) is 0.768. The fourth-order valence-corrected chi connectivity index (χ4v) is 2.54. The van der Waals surface area contributed by atoms with Gasteiger partial charge in [0.15, 0.2) is 0 Å². The van der Waals surface area contributed by atoms with E-state index in [0.29, 0.717) is 23.8 Å². The minimum Gasteiger partial charge on any atom is -0.496 e. The topological polar surface area (TPSA) is 12.5 Å². The lowest BCUT2D eigenvalue weighted by Gasteiger charge is -2.31. The smallest absolute Gasteiger partial charge is 0.131 e. The Morgan fingerprint density at radius 1 is 1.24 bits per heavy atom. The minimum absolute atomic E-state index is 0.164. The van der Waals surface area contributed by atoms with Crippen LogP contribution in [0.3, 0.4) is 0 Å². The molecule has 0 aromatic heterocycles. The van der Waals surface area contributed by atoms with Crippen LogP contribution in [0.15, 0.2) is 18.2 Å². The zero-order valence-corrected chi connectivity index (χ0v) is 14.6. The highest BCUT2D eigenvalue weighted by atomic mass is 19.1. The van der Waals surface area contributed by atoms with Crippen molar-refractivity contribution in [2.45, 2.75) is 54.0 Å². The summed E-state index contributed by atoms with van der Waals surface area (Å²) in [6, 6.07) is 5.02. The Morgan fingerprint density at radius 2 is 1.90 bits per heavy atom. The molecule has 0 spiro atoms. The van der Waals surface area contributed by atoms with Crippen molar-refractivity contribution in [3.8, 4) is 5.75 Å². The van der Waals surface area contributed by atoms with Crippen LogP contribution in [-0.4, -0.2) is 25.1 Å². The highest BCUT2D eigenvalue weighted by Gasteiger charge is 2.19. The maximum Gasteiger partial charge on any atom is 0.131 e. The van der Waals surface area contributed by atoms with Gasteiger partial charge in [0.05, 0.1) is 7.11 Å². The molecule has 1 fully saturated rings. The number of methoxy groups -OCH3 is 1. The van der Waals surface area contributed by atoms with Crippen molar-refractivity contribution < 1.29 is 9.13 Å². The molecule has 1 atom stereocenters. The van der Waals surface area contributed by atoms with Crippen LogP contribution in [0.5, 0.6) is 5.75 Å². The third-order valence-corrected chi connectivity index (χ3v) is 3.42. The van der Waals surface area contributed by atoms with Gasteiger partial charge in [0, 0.05) is 18.7 Å². The van der Waals surface area contributed by atoms with Gasteiger partial charge in [-0.1, -0.05) is 40.7 Å². The SMILES string of the molecule is CC.CC.COc1cccc(F)c1CN1CCCC(C)C1. The summed E-state index contributed by atoms with van der Waals surface area (Å²) in [6.45, 7) is 13.0. The average Bonchev–Trinajstić information content (AvgIpc) is 2.53. The van der Waals surface area contributed by atoms with Gasteiger partial charge in [-0.25, -0.2) is 4.39 Å². The van der Waals surface area contributed by atoms with Crippen LogP contribution in [0, 0.1) is 11.7 Å². The summed E-state index contributed by atoms with van der Waals surface area (Å²) >= 11 is 0. The molecular formula is C18H32FNO. The third-order valence-electron chi connectivity index (χ3n) is 3.42. The highest BCUT2D eigenvalue weighted by Crippen LogP contribution is 2.25. The van der Waals surface area contributed by atoms with E-state index in [1.54, 1.807) is 13.2 Å². The number of nitrogens with zero attached hydrogens (tertiary/aromatic N) is 1. The maximum absolute atomic E-state index is 13.8. The number of halogens is 1. The monoisotopic (exact) mass is 297 g/mol. The van der Waals surface area contributed by atoms with E-state index in [1.165, 1.54) is 18.9 Å². The Labute approximate surface area is 130 Å². The van der Waals surface area contributed by atoms with Crippen LogP contribution < -0.4 is 4.74 Å². The van der Waals surface area contributed by atoms with Crippen LogP contribution in [0.4, 0.5) is 4.39 Å². The Bertz CT molecular complexity index is 381. The second-order valence-electron chi connectivity index (χ2n) is 4.90.